The standard InChI is InChI=1S/C55H35N/c1-3-16-36(17-4-1)39-30-40(37-18-5-2-6-19-37)32-41(31-39)38-20-15-21-42(33-38)56-53-29-14-10-25-46(53)48-34-47-45-24-9-13-28-51(45)55(52(47)35-54(48)56)49-26-11-7-22-43(49)44-23-8-12-27-50(44)55/h1-35H. The summed E-state index contributed by atoms with van der Waals surface area (Å²) in [5.74, 6) is 0. The smallest absolute Gasteiger partial charge is 0.0726 e. The molecule has 1 nitrogen and oxygen atoms in total. The Hall–Kier alpha value is -7.22. The van der Waals surface area contributed by atoms with Crippen LogP contribution in [-0.4, -0.2) is 4.57 Å². The van der Waals surface area contributed by atoms with E-state index in [9.17, 15) is 0 Å². The molecule has 0 fully saturated rings. The van der Waals surface area contributed by atoms with Crippen LogP contribution in [0.2, 0.25) is 0 Å². The lowest BCUT2D eigenvalue weighted by Crippen LogP contribution is -2.25. The number of para-hydroxylation sites is 1. The molecule has 0 unspecified atom stereocenters. The third kappa shape index (κ3) is 4.31. The number of aromatic nitrogens is 1. The van der Waals surface area contributed by atoms with Crippen molar-refractivity contribution in [3.63, 3.8) is 0 Å². The lowest BCUT2D eigenvalue weighted by atomic mass is 9.70. The number of rotatable bonds is 4. The second-order valence-corrected chi connectivity index (χ2v) is 15.2. The van der Waals surface area contributed by atoms with E-state index in [1.807, 2.05) is 0 Å². The van der Waals surface area contributed by atoms with E-state index in [0.29, 0.717) is 0 Å². The van der Waals surface area contributed by atoms with Gasteiger partial charge in [0.2, 0.25) is 0 Å². The van der Waals surface area contributed by atoms with Crippen LogP contribution in [0.1, 0.15) is 22.3 Å². The molecule has 0 saturated heterocycles. The van der Waals surface area contributed by atoms with Crippen molar-refractivity contribution in [1.29, 1.82) is 0 Å². The fourth-order valence-electron chi connectivity index (χ4n) is 10.0. The molecule has 10 aromatic rings. The summed E-state index contributed by atoms with van der Waals surface area (Å²) < 4.78 is 2.50. The molecule has 9 aromatic carbocycles. The zero-order valence-corrected chi connectivity index (χ0v) is 30.7. The molecule has 0 atom stereocenters. The minimum absolute atomic E-state index is 0.401. The number of fused-ring (bicyclic) bond motifs is 13. The Bertz CT molecular complexity index is 3080. The van der Waals surface area contributed by atoms with E-state index in [1.54, 1.807) is 0 Å². The highest BCUT2D eigenvalue weighted by molar-refractivity contribution is 6.12. The molecular weight excluding hydrogens is 675 g/mol. The van der Waals surface area contributed by atoms with Crippen LogP contribution in [0.4, 0.5) is 0 Å². The molecule has 260 valence electrons. The Balaban J connectivity index is 1.12. The van der Waals surface area contributed by atoms with Gasteiger partial charge in [-0.3, -0.25) is 0 Å². The highest BCUT2D eigenvalue weighted by Crippen LogP contribution is 2.63. The average Bonchev–Trinajstić information content (AvgIpc) is 3.87. The molecule has 1 heteroatoms. The van der Waals surface area contributed by atoms with Gasteiger partial charge in [0.1, 0.15) is 0 Å². The number of hydrogen-bond acceptors (Lipinski definition) is 0. The van der Waals surface area contributed by atoms with Crippen LogP contribution >= 0.6 is 0 Å². The van der Waals surface area contributed by atoms with Crippen molar-refractivity contribution in [1.82, 2.24) is 4.57 Å². The fourth-order valence-corrected chi connectivity index (χ4v) is 10.0. The van der Waals surface area contributed by atoms with Crippen molar-refractivity contribution >= 4 is 21.8 Å². The molecule has 12 rings (SSSR count). The maximum atomic E-state index is 2.53. The Morgan fingerprint density at radius 3 is 1.36 bits per heavy atom. The molecule has 0 radical (unpaired) electrons. The van der Waals surface area contributed by atoms with E-state index in [4.69, 9.17) is 0 Å². The molecule has 56 heavy (non-hydrogen) atoms. The molecule has 0 saturated carbocycles. The van der Waals surface area contributed by atoms with Gasteiger partial charge in [-0.2, -0.15) is 0 Å². The van der Waals surface area contributed by atoms with Gasteiger partial charge in [-0.15, -0.1) is 0 Å². The van der Waals surface area contributed by atoms with Crippen molar-refractivity contribution in [3.8, 4) is 61.3 Å². The van der Waals surface area contributed by atoms with Crippen molar-refractivity contribution in [3.05, 3.63) is 235 Å². The Morgan fingerprint density at radius 2 is 0.750 bits per heavy atom. The van der Waals surface area contributed by atoms with Gasteiger partial charge in [0.05, 0.1) is 16.4 Å². The van der Waals surface area contributed by atoms with E-state index in [1.165, 1.54) is 99.7 Å². The minimum atomic E-state index is -0.401. The van der Waals surface area contributed by atoms with E-state index >= 15 is 0 Å². The molecule has 0 aliphatic heterocycles. The lowest BCUT2D eigenvalue weighted by Gasteiger charge is -2.30. The Labute approximate surface area is 326 Å². The zero-order chi connectivity index (χ0) is 36.8. The third-order valence-electron chi connectivity index (χ3n) is 12.4. The fraction of sp³-hybridized carbons (Fsp3) is 0.0182. The summed E-state index contributed by atoms with van der Waals surface area (Å²) in [5, 5.41) is 2.53. The van der Waals surface area contributed by atoms with Gasteiger partial charge in [-0.05, 0) is 126 Å². The summed E-state index contributed by atoms with van der Waals surface area (Å²) in [6.07, 6.45) is 0. The molecule has 1 aromatic heterocycles. The largest absolute Gasteiger partial charge is 0.309 e. The molecule has 0 bridgehead atoms. The van der Waals surface area contributed by atoms with Crippen molar-refractivity contribution in [2.45, 2.75) is 5.41 Å². The quantitative estimate of drug-likeness (QED) is 0.171. The van der Waals surface area contributed by atoms with Crippen molar-refractivity contribution in [2.75, 3.05) is 0 Å². The molecule has 0 N–H and O–H groups in total. The topological polar surface area (TPSA) is 4.93 Å². The summed E-state index contributed by atoms with van der Waals surface area (Å²) in [6, 6.07) is 78.7. The van der Waals surface area contributed by atoms with E-state index in [0.717, 1.165) is 5.69 Å². The molecule has 1 heterocycles. The van der Waals surface area contributed by atoms with E-state index in [2.05, 4.69) is 217 Å². The zero-order valence-electron chi connectivity index (χ0n) is 30.7. The first-order valence-electron chi connectivity index (χ1n) is 19.5. The van der Waals surface area contributed by atoms with Crippen LogP contribution in [-0.2, 0) is 5.41 Å². The molecule has 0 amide bonds. The minimum Gasteiger partial charge on any atom is -0.309 e. The SMILES string of the molecule is c1ccc(-c2cc(-c3ccccc3)cc(-c3cccc(-n4c5ccccc5c5cc6c(cc54)C4(c5ccccc5-c5ccccc54)c4ccccc4-6)c3)c2)cc1. The van der Waals surface area contributed by atoms with Crippen LogP contribution in [0.25, 0.3) is 83.1 Å². The first-order valence-corrected chi connectivity index (χ1v) is 19.5. The van der Waals surface area contributed by atoms with Crippen molar-refractivity contribution < 1.29 is 0 Å². The summed E-state index contributed by atoms with van der Waals surface area (Å²) in [7, 11) is 0. The predicted molar refractivity (Wildman–Crippen MR) is 233 cm³/mol. The highest BCUT2D eigenvalue weighted by Gasteiger charge is 2.51. The maximum Gasteiger partial charge on any atom is 0.0726 e. The molecule has 2 aliphatic carbocycles. The van der Waals surface area contributed by atoms with Crippen LogP contribution in [0.3, 0.4) is 0 Å². The number of benzene rings is 9. The maximum absolute atomic E-state index is 2.53. The van der Waals surface area contributed by atoms with Gasteiger partial charge in [-0.1, -0.05) is 164 Å². The highest BCUT2D eigenvalue weighted by atomic mass is 15.0. The van der Waals surface area contributed by atoms with E-state index in [-0.39, 0.29) is 0 Å². The van der Waals surface area contributed by atoms with Crippen molar-refractivity contribution in [2.24, 2.45) is 0 Å². The van der Waals surface area contributed by atoms with Gasteiger partial charge in [-0.25, -0.2) is 0 Å². The Morgan fingerprint density at radius 1 is 0.268 bits per heavy atom. The normalized spacial score (nSPS) is 13.1. The number of nitrogens with zero attached hydrogens (tertiary/aromatic N) is 1. The Kier molecular flexibility index (Phi) is 6.62. The second kappa shape index (κ2) is 11.9. The van der Waals surface area contributed by atoms with Gasteiger partial charge in [0.25, 0.3) is 0 Å². The van der Waals surface area contributed by atoms with Gasteiger partial charge in [0, 0.05) is 16.5 Å². The van der Waals surface area contributed by atoms with Gasteiger partial charge < -0.3 is 4.57 Å². The molecule has 1 spiro atoms. The first-order chi connectivity index (χ1) is 27.8. The average molecular weight is 710 g/mol. The third-order valence-corrected chi connectivity index (χ3v) is 12.4. The second-order valence-electron chi connectivity index (χ2n) is 15.2. The predicted octanol–water partition coefficient (Wildman–Crippen LogP) is 14.1. The molecule has 2 aliphatic rings. The summed E-state index contributed by atoms with van der Waals surface area (Å²) in [5.41, 5.74) is 21.2. The van der Waals surface area contributed by atoms with Crippen LogP contribution < -0.4 is 0 Å². The lowest BCUT2D eigenvalue weighted by molar-refractivity contribution is 0.794. The van der Waals surface area contributed by atoms with E-state index < -0.39 is 5.41 Å². The summed E-state index contributed by atoms with van der Waals surface area (Å²) >= 11 is 0. The summed E-state index contributed by atoms with van der Waals surface area (Å²) in [4.78, 5) is 0. The van der Waals surface area contributed by atoms with Crippen LogP contribution in [0, 0.1) is 0 Å². The first kappa shape index (κ1) is 31.2. The van der Waals surface area contributed by atoms with Gasteiger partial charge in [0.15, 0.2) is 0 Å². The molecular formula is C55H35N. The van der Waals surface area contributed by atoms with Crippen LogP contribution in [0.15, 0.2) is 212 Å². The van der Waals surface area contributed by atoms with Crippen LogP contribution in [0.5, 0.6) is 0 Å². The monoisotopic (exact) mass is 709 g/mol. The summed E-state index contributed by atoms with van der Waals surface area (Å²) in [6.45, 7) is 0. The number of hydrogen-bond donors (Lipinski definition) is 0. The van der Waals surface area contributed by atoms with Gasteiger partial charge >= 0.3 is 0 Å².